The smallest absolute Gasteiger partial charge is 0.137 e. The number of thiophene rings is 1. The van der Waals surface area contributed by atoms with E-state index in [1.165, 1.54) is 15.0 Å². The Morgan fingerprint density at radius 3 is 2.97 bits per heavy atom. The van der Waals surface area contributed by atoms with E-state index < -0.39 is 6.10 Å². The summed E-state index contributed by atoms with van der Waals surface area (Å²) in [6.07, 6.45) is 3.34. The number of hydrogen-bond acceptors (Lipinski definition) is 6. The van der Waals surface area contributed by atoms with Crippen molar-refractivity contribution in [2.75, 3.05) is 26.8 Å². The van der Waals surface area contributed by atoms with Gasteiger partial charge in [-0.3, -0.25) is 4.90 Å². The average molecular weight is 452 g/mol. The first-order chi connectivity index (χ1) is 15.6. The van der Waals surface area contributed by atoms with E-state index in [1.807, 2.05) is 41.7 Å². The van der Waals surface area contributed by atoms with Crippen LogP contribution in [0.2, 0.25) is 0 Å². The molecule has 2 aromatic carbocycles. The van der Waals surface area contributed by atoms with Crippen molar-refractivity contribution < 1.29 is 19.0 Å². The Labute approximate surface area is 192 Å². The highest BCUT2D eigenvalue weighted by molar-refractivity contribution is 7.19. The van der Waals surface area contributed by atoms with Crippen LogP contribution in [0.15, 0.2) is 59.2 Å². The molecular weight excluding hydrogens is 422 g/mol. The van der Waals surface area contributed by atoms with E-state index in [-0.39, 0.29) is 6.61 Å². The number of rotatable bonds is 7. The quantitative estimate of drug-likeness (QED) is 0.393. The Hall–Kier alpha value is -2.54. The van der Waals surface area contributed by atoms with Gasteiger partial charge in [-0.1, -0.05) is 6.07 Å². The molecule has 0 amide bonds. The van der Waals surface area contributed by atoms with E-state index in [0.29, 0.717) is 18.5 Å². The number of ether oxygens (including phenoxy) is 2. The van der Waals surface area contributed by atoms with Crippen LogP contribution in [0, 0.1) is 0 Å². The molecule has 0 bridgehead atoms. The monoisotopic (exact) mass is 451 g/mol. The van der Waals surface area contributed by atoms with E-state index in [2.05, 4.69) is 30.0 Å². The third-order valence-corrected chi connectivity index (χ3v) is 7.76. The van der Waals surface area contributed by atoms with Gasteiger partial charge < -0.3 is 19.0 Å². The molecule has 5 nitrogen and oxygen atoms in total. The van der Waals surface area contributed by atoms with Crippen LogP contribution in [0.4, 0.5) is 0 Å². The molecule has 5 rings (SSSR count). The van der Waals surface area contributed by atoms with E-state index in [4.69, 9.17) is 13.9 Å². The zero-order valence-corrected chi connectivity index (χ0v) is 19.3. The first kappa shape index (κ1) is 21.3. The minimum absolute atomic E-state index is 0.273. The lowest BCUT2D eigenvalue weighted by molar-refractivity contribution is 0.0408. The van der Waals surface area contributed by atoms with Crippen LogP contribution in [0.3, 0.4) is 0 Å². The van der Waals surface area contributed by atoms with Gasteiger partial charge in [0, 0.05) is 22.2 Å². The Bertz CT molecular complexity index is 1200. The predicted molar refractivity (Wildman–Crippen MR) is 129 cm³/mol. The second-order valence-corrected chi connectivity index (χ2v) is 9.79. The van der Waals surface area contributed by atoms with Crippen LogP contribution in [-0.2, 0) is 0 Å². The number of nitrogens with zero attached hydrogens (tertiary/aromatic N) is 1. The van der Waals surface area contributed by atoms with Gasteiger partial charge in [-0.05, 0) is 80.1 Å². The van der Waals surface area contributed by atoms with Crippen molar-refractivity contribution in [1.82, 2.24) is 4.90 Å². The SMILES string of the molecule is COc1ccc2cc([C@@H]3CCN(C[C@H](O)COc4cccc5occc45)[C@H](C)C3)sc2c1. The fourth-order valence-electron chi connectivity index (χ4n) is 4.71. The van der Waals surface area contributed by atoms with Crippen molar-refractivity contribution in [3.8, 4) is 11.5 Å². The molecule has 3 heterocycles. The van der Waals surface area contributed by atoms with Crippen molar-refractivity contribution in [2.24, 2.45) is 0 Å². The van der Waals surface area contributed by atoms with Gasteiger partial charge in [-0.2, -0.15) is 0 Å². The molecule has 1 saturated heterocycles. The minimum atomic E-state index is -0.534. The number of aliphatic hydroxyl groups excluding tert-OH is 1. The molecule has 0 spiro atoms. The molecule has 0 aliphatic carbocycles. The highest BCUT2D eigenvalue weighted by Crippen LogP contribution is 2.39. The topological polar surface area (TPSA) is 55.1 Å². The van der Waals surface area contributed by atoms with Gasteiger partial charge in [0.05, 0.1) is 18.8 Å². The lowest BCUT2D eigenvalue weighted by Gasteiger charge is -2.38. The van der Waals surface area contributed by atoms with Gasteiger partial charge in [0.25, 0.3) is 0 Å². The number of β-amino-alcohol motifs (C(OH)–C–C–N with tert-alkyl or cyclic N) is 1. The predicted octanol–water partition coefficient (Wildman–Crippen LogP) is 5.66. The highest BCUT2D eigenvalue weighted by Gasteiger charge is 2.29. The molecule has 1 N–H and O–H groups in total. The summed E-state index contributed by atoms with van der Waals surface area (Å²) in [6, 6.07) is 16.7. The number of aliphatic hydroxyl groups is 1. The largest absolute Gasteiger partial charge is 0.497 e. The molecule has 2 aromatic heterocycles. The van der Waals surface area contributed by atoms with Gasteiger partial charge in [0.2, 0.25) is 0 Å². The summed E-state index contributed by atoms with van der Waals surface area (Å²) in [4.78, 5) is 3.84. The molecule has 3 atom stereocenters. The number of likely N-dealkylation sites (tertiary alicyclic amines) is 1. The molecule has 168 valence electrons. The summed E-state index contributed by atoms with van der Waals surface area (Å²) in [6.45, 7) is 4.15. The van der Waals surface area contributed by atoms with Gasteiger partial charge >= 0.3 is 0 Å². The van der Waals surface area contributed by atoms with Crippen molar-refractivity contribution in [1.29, 1.82) is 0 Å². The molecule has 1 fully saturated rings. The third-order valence-electron chi connectivity index (χ3n) is 6.49. The zero-order valence-electron chi connectivity index (χ0n) is 18.5. The summed E-state index contributed by atoms with van der Waals surface area (Å²) in [5, 5.41) is 12.9. The van der Waals surface area contributed by atoms with Gasteiger partial charge in [-0.25, -0.2) is 0 Å². The standard InChI is InChI=1S/C26H29NO4S/c1-17-12-19(25-13-18-6-7-21(29-2)14-26(18)32-25)8-10-27(17)15-20(28)16-31-24-5-3-4-23-22(24)9-11-30-23/h3-7,9,11,13-14,17,19-20,28H,8,10,12,15-16H2,1-2H3/t17-,19-,20+/m1/s1. The summed E-state index contributed by atoms with van der Waals surface area (Å²) < 4.78 is 18.0. The highest BCUT2D eigenvalue weighted by atomic mass is 32.1. The van der Waals surface area contributed by atoms with E-state index in [9.17, 15) is 5.11 Å². The molecule has 0 saturated carbocycles. The second kappa shape index (κ2) is 9.14. The van der Waals surface area contributed by atoms with E-state index in [1.54, 1.807) is 13.4 Å². The van der Waals surface area contributed by atoms with Crippen LogP contribution in [-0.4, -0.2) is 49.0 Å². The lowest BCUT2D eigenvalue weighted by Crippen LogP contribution is -2.45. The maximum atomic E-state index is 10.6. The van der Waals surface area contributed by atoms with Crippen LogP contribution < -0.4 is 9.47 Å². The van der Waals surface area contributed by atoms with E-state index >= 15 is 0 Å². The Morgan fingerprint density at radius 2 is 2.12 bits per heavy atom. The Balaban J connectivity index is 1.17. The number of piperidine rings is 1. The Kier molecular flexibility index (Phi) is 6.09. The third kappa shape index (κ3) is 4.35. The number of benzene rings is 2. The number of hydrogen-bond donors (Lipinski definition) is 1. The molecule has 1 aliphatic heterocycles. The normalized spacial score (nSPS) is 20.6. The van der Waals surface area contributed by atoms with Crippen molar-refractivity contribution in [3.05, 3.63) is 59.7 Å². The summed E-state index contributed by atoms with van der Waals surface area (Å²) in [5.41, 5.74) is 0.798. The second-order valence-electron chi connectivity index (χ2n) is 8.67. The van der Waals surface area contributed by atoms with Crippen LogP contribution >= 0.6 is 11.3 Å². The molecule has 0 unspecified atom stereocenters. The molecule has 0 radical (unpaired) electrons. The maximum Gasteiger partial charge on any atom is 0.137 e. The molecule has 1 aliphatic rings. The average Bonchev–Trinajstić information content (AvgIpc) is 3.45. The van der Waals surface area contributed by atoms with Crippen molar-refractivity contribution in [3.63, 3.8) is 0 Å². The Morgan fingerprint density at radius 1 is 1.22 bits per heavy atom. The molecule has 32 heavy (non-hydrogen) atoms. The lowest BCUT2D eigenvalue weighted by atomic mass is 9.90. The van der Waals surface area contributed by atoms with Gasteiger partial charge in [0.15, 0.2) is 0 Å². The zero-order chi connectivity index (χ0) is 22.1. The number of methoxy groups -OCH3 is 1. The minimum Gasteiger partial charge on any atom is -0.497 e. The number of fused-ring (bicyclic) bond motifs is 2. The van der Waals surface area contributed by atoms with Crippen LogP contribution in [0.1, 0.15) is 30.6 Å². The van der Waals surface area contributed by atoms with Gasteiger partial charge in [0.1, 0.15) is 29.8 Å². The summed E-state index contributed by atoms with van der Waals surface area (Å²) in [7, 11) is 1.71. The fourth-order valence-corrected chi connectivity index (χ4v) is 5.95. The number of furan rings is 1. The van der Waals surface area contributed by atoms with Crippen molar-refractivity contribution in [2.45, 2.75) is 37.8 Å². The van der Waals surface area contributed by atoms with Crippen LogP contribution in [0.5, 0.6) is 11.5 Å². The molecular formula is C26H29NO4S. The molecule has 4 aromatic rings. The van der Waals surface area contributed by atoms with Crippen molar-refractivity contribution >= 4 is 32.4 Å². The summed E-state index contributed by atoms with van der Waals surface area (Å²) in [5.74, 6) is 2.23. The maximum absolute atomic E-state index is 10.6. The first-order valence-corrected chi connectivity index (χ1v) is 12.0. The van der Waals surface area contributed by atoms with Crippen LogP contribution in [0.25, 0.3) is 21.1 Å². The van der Waals surface area contributed by atoms with E-state index in [0.717, 1.165) is 41.9 Å². The summed E-state index contributed by atoms with van der Waals surface area (Å²) >= 11 is 1.88. The molecule has 6 heteroatoms. The van der Waals surface area contributed by atoms with Gasteiger partial charge in [-0.15, -0.1) is 11.3 Å². The fraction of sp³-hybridized carbons (Fsp3) is 0.385. The first-order valence-electron chi connectivity index (χ1n) is 11.2.